The zero-order valence-electron chi connectivity index (χ0n) is 20.2. The summed E-state index contributed by atoms with van der Waals surface area (Å²) >= 11 is 0. The number of nitrogens with zero attached hydrogens (tertiary/aromatic N) is 2. The zero-order valence-corrected chi connectivity index (χ0v) is 20.2. The van der Waals surface area contributed by atoms with E-state index in [-0.39, 0.29) is 36.6 Å². The van der Waals surface area contributed by atoms with Crippen LogP contribution in [-0.2, 0) is 6.61 Å². The second kappa shape index (κ2) is 9.37. The number of ether oxygens (including phenoxy) is 5. The smallest absolute Gasteiger partial charge is 0.244 e. The maximum absolute atomic E-state index is 13.4. The van der Waals surface area contributed by atoms with Crippen LogP contribution in [0.15, 0.2) is 72.1 Å². The standard InChI is InChI=1S/C28H21FN4O5/c1-34-21-4-2-3-18(26(21)35-13-15-5-8-17(29)9-6-15)23-19(12-30)27(31)38-28-24(23)25(32-33-28)16-7-10-20-22(11-16)37-14-36-20/h2-11,23H,13-14,31H2,1H3,(H,32,33). The van der Waals surface area contributed by atoms with Crippen LogP contribution in [0.1, 0.15) is 22.6 Å². The second-order valence-corrected chi connectivity index (χ2v) is 8.60. The molecule has 3 heterocycles. The van der Waals surface area contributed by atoms with Crippen molar-refractivity contribution in [1.82, 2.24) is 10.2 Å². The van der Waals surface area contributed by atoms with Crippen LogP contribution in [0, 0.1) is 17.1 Å². The summed E-state index contributed by atoms with van der Waals surface area (Å²) in [5.74, 6) is 1.27. The number of aromatic amines is 1. The van der Waals surface area contributed by atoms with Crippen molar-refractivity contribution in [3.8, 4) is 46.2 Å². The quantitative estimate of drug-likeness (QED) is 0.379. The molecule has 0 amide bonds. The molecule has 1 unspecified atom stereocenters. The van der Waals surface area contributed by atoms with E-state index in [1.54, 1.807) is 24.3 Å². The highest BCUT2D eigenvalue weighted by Crippen LogP contribution is 2.50. The molecule has 10 heteroatoms. The van der Waals surface area contributed by atoms with Crippen molar-refractivity contribution in [3.05, 3.63) is 94.6 Å². The molecule has 0 spiro atoms. The van der Waals surface area contributed by atoms with E-state index < -0.39 is 5.92 Å². The summed E-state index contributed by atoms with van der Waals surface area (Å²) in [5, 5.41) is 17.5. The molecule has 0 aliphatic carbocycles. The Morgan fingerprint density at radius 3 is 2.74 bits per heavy atom. The molecule has 3 N–H and O–H groups in total. The van der Waals surface area contributed by atoms with Gasteiger partial charge in [-0.2, -0.15) is 5.26 Å². The molecule has 0 saturated carbocycles. The number of benzene rings is 3. The molecule has 190 valence electrons. The fourth-order valence-corrected chi connectivity index (χ4v) is 4.64. The van der Waals surface area contributed by atoms with Gasteiger partial charge in [0.05, 0.1) is 24.3 Å². The van der Waals surface area contributed by atoms with Crippen LogP contribution < -0.4 is 29.4 Å². The van der Waals surface area contributed by atoms with E-state index in [4.69, 9.17) is 29.4 Å². The normalized spacial score (nSPS) is 15.4. The third kappa shape index (κ3) is 3.90. The third-order valence-electron chi connectivity index (χ3n) is 6.44. The molecular formula is C28H21FN4O5. The van der Waals surface area contributed by atoms with Gasteiger partial charge in [-0.15, -0.1) is 5.10 Å². The number of nitriles is 1. The lowest BCUT2D eigenvalue weighted by atomic mass is 9.82. The number of fused-ring (bicyclic) bond motifs is 2. The van der Waals surface area contributed by atoms with Gasteiger partial charge in [0, 0.05) is 11.1 Å². The van der Waals surface area contributed by atoms with Gasteiger partial charge in [0.15, 0.2) is 23.0 Å². The maximum atomic E-state index is 13.4. The van der Waals surface area contributed by atoms with E-state index in [0.717, 1.165) is 11.1 Å². The van der Waals surface area contributed by atoms with Crippen LogP contribution in [0.3, 0.4) is 0 Å². The topological polar surface area (TPSA) is 125 Å². The average molecular weight is 512 g/mol. The van der Waals surface area contributed by atoms with Crippen molar-refractivity contribution in [2.45, 2.75) is 12.5 Å². The molecule has 0 bridgehead atoms. The Morgan fingerprint density at radius 1 is 1.13 bits per heavy atom. The predicted molar refractivity (Wildman–Crippen MR) is 133 cm³/mol. The first-order valence-electron chi connectivity index (χ1n) is 11.7. The SMILES string of the molecule is COc1cccc(C2C(C#N)=C(N)Oc3n[nH]c(-c4ccc5c(c4)OCO5)c32)c1OCc1ccc(F)cc1. The van der Waals surface area contributed by atoms with Crippen molar-refractivity contribution in [3.63, 3.8) is 0 Å². The number of para-hydroxylation sites is 1. The highest BCUT2D eigenvalue weighted by molar-refractivity contribution is 5.74. The lowest BCUT2D eigenvalue weighted by molar-refractivity contribution is 0.174. The first-order chi connectivity index (χ1) is 18.6. The second-order valence-electron chi connectivity index (χ2n) is 8.60. The highest BCUT2D eigenvalue weighted by Gasteiger charge is 2.38. The average Bonchev–Trinajstić information content (AvgIpc) is 3.58. The van der Waals surface area contributed by atoms with E-state index in [9.17, 15) is 9.65 Å². The minimum Gasteiger partial charge on any atom is -0.493 e. The van der Waals surface area contributed by atoms with Crippen LogP contribution in [0.25, 0.3) is 11.3 Å². The Hall–Kier alpha value is -5.17. The molecule has 0 saturated heterocycles. The number of nitrogens with one attached hydrogen (secondary N) is 1. The number of rotatable bonds is 6. The molecule has 2 aliphatic rings. The zero-order chi connectivity index (χ0) is 26.2. The molecule has 2 aliphatic heterocycles. The summed E-state index contributed by atoms with van der Waals surface area (Å²) in [6, 6.07) is 19.1. The van der Waals surface area contributed by atoms with Gasteiger partial charge in [-0.05, 0) is 42.0 Å². The molecule has 0 radical (unpaired) electrons. The molecule has 6 rings (SSSR count). The van der Waals surface area contributed by atoms with Crippen molar-refractivity contribution >= 4 is 0 Å². The fraction of sp³-hybridized carbons (Fsp3) is 0.143. The van der Waals surface area contributed by atoms with Gasteiger partial charge in [-0.1, -0.05) is 24.3 Å². The lowest BCUT2D eigenvalue weighted by Crippen LogP contribution is -2.21. The van der Waals surface area contributed by atoms with Gasteiger partial charge in [-0.3, -0.25) is 5.10 Å². The predicted octanol–water partition coefficient (Wildman–Crippen LogP) is 4.75. The fourth-order valence-electron chi connectivity index (χ4n) is 4.64. The van der Waals surface area contributed by atoms with Gasteiger partial charge in [0.1, 0.15) is 24.1 Å². The summed E-state index contributed by atoms with van der Waals surface area (Å²) in [5.41, 5.74) is 9.75. The van der Waals surface area contributed by atoms with E-state index >= 15 is 0 Å². The van der Waals surface area contributed by atoms with Crippen molar-refractivity contribution in [1.29, 1.82) is 5.26 Å². The lowest BCUT2D eigenvalue weighted by Gasteiger charge is -2.26. The number of aromatic nitrogens is 2. The van der Waals surface area contributed by atoms with Gasteiger partial charge in [0.25, 0.3) is 0 Å². The maximum Gasteiger partial charge on any atom is 0.244 e. The van der Waals surface area contributed by atoms with Crippen LogP contribution >= 0.6 is 0 Å². The van der Waals surface area contributed by atoms with E-state index in [0.29, 0.717) is 39.8 Å². The third-order valence-corrected chi connectivity index (χ3v) is 6.44. The number of methoxy groups -OCH3 is 1. The van der Waals surface area contributed by atoms with Gasteiger partial charge in [-0.25, -0.2) is 4.39 Å². The summed E-state index contributed by atoms with van der Waals surface area (Å²) in [6.45, 7) is 0.285. The summed E-state index contributed by atoms with van der Waals surface area (Å²) < 4.78 is 42.0. The van der Waals surface area contributed by atoms with E-state index in [1.165, 1.54) is 19.2 Å². The summed E-state index contributed by atoms with van der Waals surface area (Å²) in [4.78, 5) is 0. The first kappa shape index (κ1) is 23.2. The van der Waals surface area contributed by atoms with Crippen LogP contribution in [0.5, 0.6) is 28.9 Å². The Labute approximate surface area is 216 Å². The highest BCUT2D eigenvalue weighted by atomic mass is 19.1. The van der Waals surface area contributed by atoms with Crippen LogP contribution in [0.2, 0.25) is 0 Å². The van der Waals surface area contributed by atoms with E-state index in [2.05, 4.69) is 16.3 Å². The molecule has 9 nitrogen and oxygen atoms in total. The minimum atomic E-state index is -0.693. The molecule has 3 aromatic carbocycles. The Kier molecular flexibility index (Phi) is 5.73. The Morgan fingerprint density at radius 2 is 1.95 bits per heavy atom. The van der Waals surface area contributed by atoms with Crippen molar-refractivity contribution < 1.29 is 28.1 Å². The van der Waals surface area contributed by atoms with E-state index in [1.807, 2.05) is 24.3 Å². The molecule has 1 aromatic heterocycles. The molecule has 4 aromatic rings. The largest absolute Gasteiger partial charge is 0.493 e. The van der Waals surface area contributed by atoms with Gasteiger partial charge >= 0.3 is 0 Å². The van der Waals surface area contributed by atoms with Crippen molar-refractivity contribution in [2.24, 2.45) is 5.73 Å². The number of hydrogen-bond donors (Lipinski definition) is 2. The van der Waals surface area contributed by atoms with Crippen LogP contribution in [0.4, 0.5) is 4.39 Å². The first-order valence-corrected chi connectivity index (χ1v) is 11.7. The van der Waals surface area contributed by atoms with Gasteiger partial charge in [0.2, 0.25) is 18.6 Å². The van der Waals surface area contributed by atoms with Crippen molar-refractivity contribution in [2.75, 3.05) is 13.9 Å². The van der Waals surface area contributed by atoms with Crippen LogP contribution in [-0.4, -0.2) is 24.1 Å². The minimum absolute atomic E-state index is 0.0546. The molecule has 1 atom stereocenters. The summed E-state index contributed by atoms with van der Waals surface area (Å²) in [7, 11) is 1.53. The summed E-state index contributed by atoms with van der Waals surface area (Å²) in [6.07, 6.45) is 0. The molecule has 0 fully saturated rings. The number of hydrogen-bond acceptors (Lipinski definition) is 8. The molecular weight excluding hydrogens is 491 g/mol. The molecule has 38 heavy (non-hydrogen) atoms. The number of allylic oxidation sites excluding steroid dienone is 1. The number of halogens is 1. The Bertz CT molecular complexity index is 1610. The monoisotopic (exact) mass is 512 g/mol. The number of H-pyrrole nitrogens is 1. The number of nitrogens with two attached hydrogens (primary N) is 1. The Balaban J connectivity index is 1.49. The van der Waals surface area contributed by atoms with Gasteiger partial charge < -0.3 is 29.4 Å².